The van der Waals surface area contributed by atoms with Gasteiger partial charge < -0.3 is 5.73 Å². The third kappa shape index (κ3) is 2.20. The van der Waals surface area contributed by atoms with Gasteiger partial charge in [-0.25, -0.2) is 13.9 Å². The minimum atomic E-state index is -0.259. The summed E-state index contributed by atoms with van der Waals surface area (Å²) in [5.74, 6) is 0.175. The van der Waals surface area contributed by atoms with E-state index in [0.29, 0.717) is 11.5 Å². The van der Waals surface area contributed by atoms with Crippen molar-refractivity contribution in [1.29, 1.82) is 0 Å². The van der Waals surface area contributed by atoms with Crippen molar-refractivity contribution in [2.75, 3.05) is 5.73 Å². The molecule has 0 unspecified atom stereocenters. The lowest BCUT2D eigenvalue weighted by Crippen LogP contribution is -1.96. The third-order valence-electron chi connectivity index (χ3n) is 4.55. The Morgan fingerprint density at radius 1 is 1.04 bits per heavy atom. The molecule has 0 aliphatic carbocycles. The Hall–Kier alpha value is -3.22. The maximum absolute atomic E-state index is 13.3. The number of hydrogen-bond acceptors (Lipinski definition) is 4. The second-order valence-electron chi connectivity index (χ2n) is 6.19. The molecule has 0 spiro atoms. The van der Waals surface area contributed by atoms with E-state index in [1.807, 2.05) is 16.8 Å². The van der Waals surface area contributed by atoms with Gasteiger partial charge in [0.2, 0.25) is 0 Å². The van der Waals surface area contributed by atoms with Gasteiger partial charge in [-0.1, -0.05) is 0 Å². The average Bonchev–Trinajstić information content (AvgIpc) is 3.27. The van der Waals surface area contributed by atoms with E-state index in [0.717, 1.165) is 41.9 Å². The van der Waals surface area contributed by atoms with Crippen LogP contribution in [0, 0.1) is 5.82 Å². The molecule has 0 radical (unpaired) electrons. The van der Waals surface area contributed by atoms with Gasteiger partial charge in [0.25, 0.3) is 0 Å². The number of rotatable bonds is 2. The maximum atomic E-state index is 13.3. The Balaban J connectivity index is 1.74. The molecule has 0 bridgehead atoms. The van der Waals surface area contributed by atoms with Crippen LogP contribution in [0.1, 0.15) is 12.1 Å². The van der Waals surface area contributed by atoms with Crippen LogP contribution in [0.5, 0.6) is 0 Å². The van der Waals surface area contributed by atoms with Gasteiger partial charge in [-0.2, -0.15) is 10.2 Å². The summed E-state index contributed by atoms with van der Waals surface area (Å²) in [6.45, 7) is 0.893. The first-order chi connectivity index (χ1) is 12.2. The fourth-order valence-electron chi connectivity index (χ4n) is 3.44. The lowest BCUT2D eigenvalue weighted by atomic mass is 10.0. The topological polar surface area (TPSA) is 74.0 Å². The smallest absolute Gasteiger partial charge is 0.156 e. The zero-order chi connectivity index (χ0) is 17.0. The van der Waals surface area contributed by atoms with E-state index in [9.17, 15) is 4.39 Å². The van der Waals surface area contributed by atoms with Crippen molar-refractivity contribution in [3.05, 3.63) is 54.1 Å². The number of anilines is 1. The number of halogens is 1. The molecule has 2 N–H and O–H groups in total. The van der Waals surface area contributed by atoms with Crippen LogP contribution >= 0.6 is 0 Å². The Bertz CT molecular complexity index is 1090. The molecular formula is C18H15FN6. The molecule has 0 amide bonds. The number of hydrogen-bond donors (Lipinski definition) is 1. The molecule has 1 aromatic carbocycles. The summed E-state index contributed by atoms with van der Waals surface area (Å²) in [4.78, 5) is 4.21. The van der Waals surface area contributed by atoms with E-state index in [4.69, 9.17) is 10.8 Å². The van der Waals surface area contributed by atoms with Gasteiger partial charge >= 0.3 is 0 Å². The third-order valence-corrected chi connectivity index (χ3v) is 4.55. The van der Waals surface area contributed by atoms with Crippen LogP contribution in [0.25, 0.3) is 28.2 Å². The molecule has 7 heteroatoms. The molecule has 3 aromatic heterocycles. The number of aromatic nitrogens is 5. The number of nitrogen functional groups attached to an aromatic ring is 1. The summed E-state index contributed by atoms with van der Waals surface area (Å²) in [5, 5.41) is 9.42. The first-order valence-corrected chi connectivity index (χ1v) is 8.17. The molecule has 6 nitrogen and oxygen atoms in total. The Morgan fingerprint density at radius 3 is 2.72 bits per heavy atom. The minimum absolute atomic E-state index is 0.259. The van der Waals surface area contributed by atoms with Gasteiger partial charge in [0, 0.05) is 17.8 Å². The molecule has 5 rings (SSSR count). The zero-order valence-corrected chi connectivity index (χ0v) is 13.4. The first kappa shape index (κ1) is 14.2. The molecule has 4 heterocycles. The van der Waals surface area contributed by atoms with Crippen LogP contribution in [0.15, 0.2) is 42.6 Å². The second kappa shape index (κ2) is 5.14. The Kier molecular flexibility index (Phi) is 2.91. The monoisotopic (exact) mass is 334 g/mol. The number of nitrogens with two attached hydrogens (primary N) is 1. The van der Waals surface area contributed by atoms with Gasteiger partial charge in [-0.3, -0.25) is 4.68 Å². The quantitative estimate of drug-likeness (QED) is 0.612. The lowest BCUT2D eigenvalue weighted by Gasteiger charge is -2.05. The summed E-state index contributed by atoms with van der Waals surface area (Å²) >= 11 is 0. The number of benzene rings is 1. The van der Waals surface area contributed by atoms with E-state index >= 15 is 0 Å². The molecule has 1 aliphatic heterocycles. The van der Waals surface area contributed by atoms with Crippen molar-refractivity contribution >= 4 is 11.5 Å². The van der Waals surface area contributed by atoms with Crippen molar-refractivity contribution < 1.29 is 4.39 Å². The van der Waals surface area contributed by atoms with E-state index < -0.39 is 0 Å². The first-order valence-electron chi connectivity index (χ1n) is 8.17. The van der Waals surface area contributed by atoms with Gasteiger partial charge in [0.15, 0.2) is 5.65 Å². The van der Waals surface area contributed by atoms with E-state index in [1.165, 1.54) is 17.8 Å². The molecular weight excluding hydrogens is 319 g/mol. The summed E-state index contributed by atoms with van der Waals surface area (Å²) in [6, 6.07) is 10.2. The fourth-order valence-corrected chi connectivity index (χ4v) is 3.44. The molecule has 0 saturated heterocycles. The van der Waals surface area contributed by atoms with Gasteiger partial charge in [0.1, 0.15) is 17.3 Å². The van der Waals surface area contributed by atoms with Crippen molar-refractivity contribution in [1.82, 2.24) is 24.4 Å². The van der Waals surface area contributed by atoms with Gasteiger partial charge in [-0.05, 0) is 49.2 Å². The van der Waals surface area contributed by atoms with Crippen molar-refractivity contribution in [3.8, 4) is 22.5 Å². The number of aryl methyl sites for hydroxylation is 1. The van der Waals surface area contributed by atoms with Crippen LogP contribution in [0.4, 0.5) is 10.2 Å². The van der Waals surface area contributed by atoms with Crippen LogP contribution in [-0.2, 0) is 13.0 Å². The summed E-state index contributed by atoms with van der Waals surface area (Å²) < 4.78 is 17.0. The lowest BCUT2D eigenvalue weighted by molar-refractivity contribution is 0.628. The normalized spacial score (nSPS) is 13.5. The van der Waals surface area contributed by atoms with Gasteiger partial charge in [-0.15, -0.1) is 0 Å². The number of imidazole rings is 1. The summed E-state index contributed by atoms with van der Waals surface area (Å²) in [5.41, 5.74) is 11.1. The molecule has 124 valence electrons. The van der Waals surface area contributed by atoms with Crippen LogP contribution in [0.3, 0.4) is 0 Å². The summed E-state index contributed by atoms with van der Waals surface area (Å²) in [6.07, 6.45) is 3.72. The Morgan fingerprint density at radius 2 is 1.88 bits per heavy atom. The molecule has 0 fully saturated rings. The van der Waals surface area contributed by atoms with Crippen molar-refractivity contribution in [3.63, 3.8) is 0 Å². The second-order valence-corrected chi connectivity index (χ2v) is 6.19. The number of fused-ring (bicyclic) bond motifs is 2. The predicted octanol–water partition coefficient (Wildman–Crippen LogP) is 2.93. The minimum Gasteiger partial charge on any atom is -0.382 e. The SMILES string of the molecule is Nc1cn2nc(-c3c(-c4ccc(F)cc4)nn4c3CCC4)ccc2n1. The van der Waals surface area contributed by atoms with Crippen molar-refractivity contribution in [2.24, 2.45) is 0 Å². The average molecular weight is 334 g/mol. The molecule has 25 heavy (non-hydrogen) atoms. The van der Waals surface area contributed by atoms with Crippen LogP contribution in [-0.4, -0.2) is 24.4 Å². The van der Waals surface area contributed by atoms with Crippen LogP contribution in [0.2, 0.25) is 0 Å². The van der Waals surface area contributed by atoms with E-state index in [-0.39, 0.29) is 5.82 Å². The van der Waals surface area contributed by atoms with Crippen LogP contribution < -0.4 is 5.73 Å². The molecule has 0 saturated carbocycles. The molecule has 0 atom stereocenters. The highest BCUT2D eigenvalue weighted by Crippen LogP contribution is 2.36. The van der Waals surface area contributed by atoms with Gasteiger partial charge in [0.05, 0.1) is 17.5 Å². The molecule has 1 aliphatic rings. The fraction of sp³-hybridized carbons (Fsp3) is 0.167. The van der Waals surface area contributed by atoms with E-state index in [1.54, 1.807) is 22.8 Å². The number of nitrogens with zero attached hydrogens (tertiary/aromatic N) is 5. The Labute approximate surface area is 142 Å². The summed E-state index contributed by atoms with van der Waals surface area (Å²) in [7, 11) is 0. The standard InChI is InChI=1S/C18H15FN6/c19-12-5-3-11(4-6-12)18-17(14-2-1-9-24(14)23-18)13-7-8-16-21-15(20)10-25(16)22-13/h3-8,10H,1-2,9,20H2. The zero-order valence-electron chi connectivity index (χ0n) is 13.4. The largest absolute Gasteiger partial charge is 0.382 e. The van der Waals surface area contributed by atoms with E-state index in [2.05, 4.69) is 10.1 Å². The highest BCUT2D eigenvalue weighted by atomic mass is 19.1. The predicted molar refractivity (Wildman–Crippen MR) is 92.3 cm³/mol. The highest BCUT2D eigenvalue weighted by Gasteiger charge is 2.25. The van der Waals surface area contributed by atoms with Crippen molar-refractivity contribution in [2.45, 2.75) is 19.4 Å². The maximum Gasteiger partial charge on any atom is 0.156 e. The highest BCUT2D eigenvalue weighted by molar-refractivity contribution is 5.81. The molecule has 4 aromatic rings.